The van der Waals surface area contributed by atoms with Gasteiger partial charge in [-0.05, 0) is 36.4 Å². The number of carbonyl (C=O) groups is 1. The van der Waals surface area contributed by atoms with Crippen molar-refractivity contribution in [3.8, 4) is 11.3 Å². The molecule has 0 fully saturated rings. The first-order chi connectivity index (χ1) is 13.8. The van der Waals surface area contributed by atoms with Crippen LogP contribution in [0.3, 0.4) is 0 Å². The molecule has 7 nitrogen and oxygen atoms in total. The first-order valence-electron chi connectivity index (χ1n) is 8.31. The van der Waals surface area contributed by atoms with Gasteiger partial charge in [0.25, 0.3) is 5.91 Å². The third-order valence-electron chi connectivity index (χ3n) is 3.91. The summed E-state index contributed by atoms with van der Waals surface area (Å²) >= 11 is 7.23. The molecule has 0 aliphatic heterocycles. The second-order valence-corrected chi connectivity index (χ2v) is 9.28. The number of rotatable bonds is 5. The van der Waals surface area contributed by atoms with Crippen molar-refractivity contribution in [2.24, 2.45) is 0 Å². The van der Waals surface area contributed by atoms with Crippen LogP contribution in [0.5, 0.6) is 0 Å². The zero-order valence-electron chi connectivity index (χ0n) is 15.0. The van der Waals surface area contributed by atoms with Gasteiger partial charge in [0.2, 0.25) is 10.0 Å². The monoisotopic (exact) mass is 447 g/mol. The van der Waals surface area contributed by atoms with E-state index in [1.807, 2.05) is 0 Å². The van der Waals surface area contributed by atoms with E-state index in [-0.39, 0.29) is 5.76 Å². The summed E-state index contributed by atoms with van der Waals surface area (Å²) in [7, 11) is -3.33. The average molecular weight is 448 g/mol. The number of nitrogens with one attached hydrogen (secondary N) is 2. The van der Waals surface area contributed by atoms with Crippen molar-refractivity contribution in [2.75, 3.05) is 16.3 Å². The molecule has 4 aromatic rings. The molecular weight excluding hydrogens is 434 g/mol. The molecule has 0 saturated carbocycles. The standard InChI is InChI=1S/C19H14ClN3O4S2/c1-29(25,26)23-14-5-2-11(3-6-14)15-10-28-19(21-15)22-18(24)17-9-12-8-13(20)4-7-16(12)27-17/h2-10,23H,1H3,(H,21,22,24). The summed E-state index contributed by atoms with van der Waals surface area (Å²) in [6, 6.07) is 13.5. The molecule has 0 atom stereocenters. The van der Waals surface area contributed by atoms with Crippen LogP contribution in [0.4, 0.5) is 10.8 Å². The van der Waals surface area contributed by atoms with Gasteiger partial charge in [-0.15, -0.1) is 11.3 Å². The summed E-state index contributed by atoms with van der Waals surface area (Å²) in [5.74, 6) is -0.249. The van der Waals surface area contributed by atoms with Crippen LogP contribution in [-0.2, 0) is 10.0 Å². The molecule has 2 aromatic heterocycles. The minimum absolute atomic E-state index is 0.162. The van der Waals surface area contributed by atoms with E-state index in [0.29, 0.717) is 27.1 Å². The van der Waals surface area contributed by atoms with Crippen molar-refractivity contribution in [1.82, 2.24) is 4.98 Å². The van der Waals surface area contributed by atoms with Crippen LogP contribution in [0.2, 0.25) is 5.02 Å². The predicted molar refractivity (Wildman–Crippen MR) is 115 cm³/mol. The highest BCUT2D eigenvalue weighted by molar-refractivity contribution is 7.92. The number of furan rings is 1. The highest BCUT2D eigenvalue weighted by Gasteiger charge is 2.15. The second-order valence-electron chi connectivity index (χ2n) is 6.24. The highest BCUT2D eigenvalue weighted by atomic mass is 35.5. The number of thiazole rings is 1. The van der Waals surface area contributed by atoms with Crippen LogP contribution >= 0.6 is 22.9 Å². The van der Waals surface area contributed by atoms with Crippen LogP contribution in [0, 0.1) is 0 Å². The third-order valence-corrected chi connectivity index (χ3v) is 5.51. The first-order valence-corrected chi connectivity index (χ1v) is 11.5. The van der Waals surface area contributed by atoms with Gasteiger partial charge < -0.3 is 4.42 Å². The number of halogens is 1. The molecule has 4 rings (SSSR count). The van der Waals surface area contributed by atoms with Crippen LogP contribution < -0.4 is 10.0 Å². The fraction of sp³-hybridized carbons (Fsp3) is 0.0526. The quantitative estimate of drug-likeness (QED) is 0.456. The average Bonchev–Trinajstić information content (AvgIpc) is 3.27. The SMILES string of the molecule is CS(=O)(=O)Nc1ccc(-c2csc(NC(=O)c3cc4cc(Cl)ccc4o3)n2)cc1. The van der Waals surface area contributed by atoms with Crippen molar-refractivity contribution in [3.63, 3.8) is 0 Å². The van der Waals surface area contributed by atoms with Crippen LogP contribution in [0.25, 0.3) is 22.2 Å². The van der Waals surface area contributed by atoms with E-state index >= 15 is 0 Å². The Morgan fingerprint density at radius 3 is 2.62 bits per heavy atom. The molecule has 0 bridgehead atoms. The van der Waals surface area contributed by atoms with Crippen LogP contribution in [0.1, 0.15) is 10.6 Å². The molecule has 0 radical (unpaired) electrons. The number of carbonyl (C=O) groups excluding carboxylic acids is 1. The van der Waals surface area contributed by atoms with Crippen LogP contribution in [0.15, 0.2) is 58.3 Å². The fourth-order valence-electron chi connectivity index (χ4n) is 2.67. The number of nitrogens with zero attached hydrogens (tertiary/aromatic N) is 1. The number of hydrogen-bond donors (Lipinski definition) is 2. The van der Waals surface area contributed by atoms with E-state index in [2.05, 4.69) is 15.0 Å². The lowest BCUT2D eigenvalue weighted by Gasteiger charge is -2.04. The van der Waals surface area contributed by atoms with Crippen molar-refractivity contribution in [3.05, 3.63) is 64.7 Å². The summed E-state index contributed by atoms with van der Waals surface area (Å²) in [5.41, 5.74) is 2.49. The van der Waals surface area contributed by atoms with Gasteiger partial charge in [0, 0.05) is 27.0 Å². The maximum atomic E-state index is 12.5. The van der Waals surface area contributed by atoms with Crippen molar-refractivity contribution in [2.45, 2.75) is 0 Å². The lowest BCUT2D eigenvalue weighted by Crippen LogP contribution is -2.10. The Kier molecular flexibility index (Phi) is 5.03. The first kappa shape index (κ1) is 19.4. The molecular formula is C19H14ClN3O4S2. The summed E-state index contributed by atoms with van der Waals surface area (Å²) in [5, 5.41) is 6.24. The summed E-state index contributed by atoms with van der Waals surface area (Å²) in [6.07, 6.45) is 1.09. The second kappa shape index (κ2) is 7.51. The Hall–Kier alpha value is -2.88. The number of amides is 1. The summed E-state index contributed by atoms with van der Waals surface area (Å²) < 4.78 is 30.5. The van der Waals surface area contributed by atoms with Gasteiger partial charge in [-0.3, -0.25) is 14.8 Å². The number of anilines is 2. The molecule has 29 heavy (non-hydrogen) atoms. The van der Waals surface area contributed by atoms with Gasteiger partial charge in [0.1, 0.15) is 5.58 Å². The Labute approximate surface area is 175 Å². The van der Waals surface area contributed by atoms with E-state index in [1.165, 1.54) is 11.3 Å². The van der Waals surface area contributed by atoms with E-state index < -0.39 is 15.9 Å². The predicted octanol–water partition coefficient (Wildman–Crippen LogP) is 4.83. The van der Waals surface area contributed by atoms with E-state index in [0.717, 1.165) is 17.2 Å². The van der Waals surface area contributed by atoms with E-state index in [4.69, 9.17) is 16.0 Å². The van der Waals surface area contributed by atoms with Gasteiger partial charge in [0.05, 0.1) is 11.9 Å². The molecule has 1 amide bonds. The molecule has 10 heteroatoms. The summed E-state index contributed by atoms with van der Waals surface area (Å²) in [4.78, 5) is 16.9. The minimum atomic E-state index is -3.33. The van der Waals surface area contributed by atoms with Crippen molar-refractivity contribution >= 4 is 60.7 Å². The molecule has 0 saturated heterocycles. The van der Waals surface area contributed by atoms with Gasteiger partial charge in [-0.25, -0.2) is 13.4 Å². The van der Waals surface area contributed by atoms with Crippen molar-refractivity contribution in [1.29, 1.82) is 0 Å². The molecule has 2 heterocycles. The van der Waals surface area contributed by atoms with E-state index in [1.54, 1.807) is 53.9 Å². The number of hydrogen-bond acceptors (Lipinski definition) is 6. The Bertz CT molecular complexity index is 1310. The van der Waals surface area contributed by atoms with Crippen molar-refractivity contribution < 1.29 is 17.6 Å². The van der Waals surface area contributed by atoms with Gasteiger partial charge in [-0.1, -0.05) is 23.7 Å². The molecule has 0 aliphatic carbocycles. The summed E-state index contributed by atoms with van der Waals surface area (Å²) in [6.45, 7) is 0. The smallest absolute Gasteiger partial charge is 0.293 e. The molecule has 2 aromatic carbocycles. The van der Waals surface area contributed by atoms with E-state index in [9.17, 15) is 13.2 Å². The molecule has 148 valence electrons. The fourth-order valence-corrected chi connectivity index (χ4v) is 4.13. The number of aromatic nitrogens is 1. The zero-order chi connectivity index (χ0) is 20.6. The highest BCUT2D eigenvalue weighted by Crippen LogP contribution is 2.28. The number of sulfonamides is 1. The van der Waals surface area contributed by atoms with Crippen LogP contribution in [-0.4, -0.2) is 25.6 Å². The molecule has 2 N–H and O–H groups in total. The normalized spacial score (nSPS) is 11.5. The Balaban J connectivity index is 1.49. The largest absolute Gasteiger partial charge is 0.451 e. The Morgan fingerprint density at radius 1 is 1.14 bits per heavy atom. The number of fused-ring (bicyclic) bond motifs is 1. The maximum Gasteiger partial charge on any atom is 0.293 e. The minimum Gasteiger partial charge on any atom is -0.451 e. The molecule has 0 spiro atoms. The number of benzene rings is 2. The molecule has 0 aliphatic rings. The topological polar surface area (TPSA) is 101 Å². The third kappa shape index (κ3) is 4.58. The lowest BCUT2D eigenvalue weighted by molar-refractivity contribution is 0.0998. The molecule has 0 unspecified atom stereocenters. The Morgan fingerprint density at radius 2 is 1.90 bits per heavy atom. The van der Waals surface area contributed by atoms with Gasteiger partial charge >= 0.3 is 0 Å². The zero-order valence-corrected chi connectivity index (χ0v) is 17.4. The van der Waals surface area contributed by atoms with Gasteiger partial charge in [0.15, 0.2) is 10.9 Å². The lowest BCUT2D eigenvalue weighted by atomic mass is 10.1. The van der Waals surface area contributed by atoms with Gasteiger partial charge in [-0.2, -0.15) is 0 Å². The maximum absolute atomic E-state index is 12.5.